The van der Waals surface area contributed by atoms with Crippen LogP contribution in [0.3, 0.4) is 0 Å². The largest absolute Gasteiger partial charge is 0.586 e. The first kappa shape index (κ1) is 26.8. The molecular weight excluding hydrogens is 513 g/mol. The molecule has 3 aromatic rings. The van der Waals surface area contributed by atoms with Crippen molar-refractivity contribution in [3.8, 4) is 17.2 Å². The maximum absolute atomic E-state index is 15.3. The van der Waals surface area contributed by atoms with Gasteiger partial charge < -0.3 is 24.0 Å². The second kappa shape index (κ2) is 9.73. The lowest BCUT2D eigenvalue weighted by Crippen LogP contribution is -2.46. The fraction of sp³-hybridized carbons (Fsp3) is 0.464. The molecule has 1 fully saturated rings. The zero-order valence-corrected chi connectivity index (χ0v) is 23.2. The van der Waals surface area contributed by atoms with Gasteiger partial charge in [0.15, 0.2) is 19.8 Å². The molecule has 1 aromatic heterocycles. The van der Waals surface area contributed by atoms with E-state index in [1.807, 2.05) is 6.07 Å². The quantitative estimate of drug-likeness (QED) is 0.310. The second-order valence-electron chi connectivity index (χ2n) is 11.5. The molecule has 6 nitrogen and oxygen atoms in total. The molecule has 2 aliphatic rings. The normalized spacial score (nSPS) is 20.4. The molecular formula is C28H33F3N2O4Si. The SMILES string of the molecule is CC(C)(C)[Si](C)(C)OCc1cc(F)c(CNC2CC(Oc3ccc4c(c3)OC(F)(F)O4)C2)c2ccncc12. The van der Waals surface area contributed by atoms with Gasteiger partial charge in [0, 0.05) is 42.0 Å². The highest BCUT2D eigenvalue weighted by Crippen LogP contribution is 2.43. The summed E-state index contributed by atoms with van der Waals surface area (Å²) in [5.74, 6) is 0.108. The van der Waals surface area contributed by atoms with Crippen LogP contribution in [-0.4, -0.2) is 31.7 Å². The van der Waals surface area contributed by atoms with Crippen molar-refractivity contribution in [1.82, 2.24) is 10.3 Å². The average molecular weight is 547 g/mol. The average Bonchev–Trinajstić information content (AvgIpc) is 3.12. The number of ether oxygens (including phenoxy) is 3. The predicted molar refractivity (Wildman–Crippen MR) is 141 cm³/mol. The van der Waals surface area contributed by atoms with Gasteiger partial charge in [-0.25, -0.2) is 4.39 Å². The Balaban J connectivity index is 1.20. The Morgan fingerprint density at radius 2 is 1.82 bits per heavy atom. The molecule has 1 aliphatic heterocycles. The molecule has 0 saturated heterocycles. The Morgan fingerprint density at radius 3 is 2.55 bits per heavy atom. The number of nitrogens with zero attached hydrogens (tertiary/aromatic N) is 1. The van der Waals surface area contributed by atoms with Gasteiger partial charge in [-0.15, -0.1) is 8.78 Å². The number of pyridine rings is 1. The molecule has 2 aromatic carbocycles. The minimum atomic E-state index is -3.65. The fourth-order valence-electron chi connectivity index (χ4n) is 4.40. The standard InChI is InChI=1S/C28H33F3N2O4Si/c1-27(2,3)38(4,5)34-16-17-10-24(29)23(21-8-9-32-14-22(17)21)15-33-18-11-20(12-18)35-19-6-7-25-26(13-19)37-28(30,31)36-25/h6-10,13-14,18,20,33H,11-12,15-16H2,1-5H3. The van der Waals surface area contributed by atoms with Gasteiger partial charge in [0.1, 0.15) is 17.7 Å². The van der Waals surface area contributed by atoms with Gasteiger partial charge in [-0.1, -0.05) is 20.8 Å². The fourth-order valence-corrected chi connectivity index (χ4v) is 5.35. The monoisotopic (exact) mass is 546 g/mol. The van der Waals surface area contributed by atoms with Crippen molar-refractivity contribution >= 4 is 19.1 Å². The van der Waals surface area contributed by atoms with E-state index in [1.54, 1.807) is 24.5 Å². The van der Waals surface area contributed by atoms with Crippen molar-refractivity contribution in [1.29, 1.82) is 0 Å². The summed E-state index contributed by atoms with van der Waals surface area (Å²) in [6, 6.07) is 7.96. The summed E-state index contributed by atoms with van der Waals surface area (Å²) < 4.78 is 63.0. The molecule has 1 saturated carbocycles. The lowest BCUT2D eigenvalue weighted by Gasteiger charge is -2.36. The van der Waals surface area contributed by atoms with Crippen LogP contribution in [0.15, 0.2) is 42.7 Å². The van der Waals surface area contributed by atoms with Crippen molar-refractivity contribution in [2.45, 2.75) is 83.3 Å². The number of benzene rings is 2. The van der Waals surface area contributed by atoms with E-state index in [4.69, 9.17) is 9.16 Å². The van der Waals surface area contributed by atoms with Gasteiger partial charge in [0.05, 0.1) is 6.61 Å². The summed E-state index contributed by atoms with van der Waals surface area (Å²) in [4.78, 5) is 4.28. The Kier molecular flexibility index (Phi) is 6.86. The van der Waals surface area contributed by atoms with E-state index in [1.165, 1.54) is 12.1 Å². The lowest BCUT2D eigenvalue weighted by atomic mass is 9.88. The Morgan fingerprint density at radius 1 is 1.08 bits per heavy atom. The van der Waals surface area contributed by atoms with Crippen molar-refractivity contribution in [3.05, 3.63) is 59.7 Å². The van der Waals surface area contributed by atoms with Crippen LogP contribution >= 0.6 is 0 Å². The first-order valence-corrected chi connectivity index (χ1v) is 15.7. The van der Waals surface area contributed by atoms with Gasteiger partial charge in [-0.2, -0.15) is 0 Å². The molecule has 0 radical (unpaired) electrons. The molecule has 10 heteroatoms. The predicted octanol–water partition coefficient (Wildman–Crippen LogP) is 6.92. The molecule has 2 heterocycles. The molecule has 5 rings (SSSR count). The topological polar surface area (TPSA) is 61.8 Å². The van der Waals surface area contributed by atoms with Gasteiger partial charge in [-0.05, 0) is 66.2 Å². The van der Waals surface area contributed by atoms with E-state index in [0.29, 0.717) is 37.3 Å². The third-order valence-electron chi connectivity index (χ3n) is 7.81. The van der Waals surface area contributed by atoms with E-state index >= 15 is 4.39 Å². The molecule has 0 atom stereocenters. The minimum Gasteiger partial charge on any atom is -0.490 e. The lowest BCUT2D eigenvalue weighted by molar-refractivity contribution is -0.286. The summed E-state index contributed by atoms with van der Waals surface area (Å²) in [6.07, 6.45) is 1.15. The van der Waals surface area contributed by atoms with Crippen LogP contribution in [-0.2, 0) is 17.6 Å². The summed E-state index contributed by atoms with van der Waals surface area (Å²) in [5, 5.41) is 5.20. The van der Waals surface area contributed by atoms with E-state index < -0.39 is 14.6 Å². The molecule has 0 amide bonds. The number of hydrogen-bond donors (Lipinski definition) is 1. The third-order valence-corrected chi connectivity index (χ3v) is 12.3. The molecule has 0 bridgehead atoms. The molecule has 0 unspecified atom stereocenters. The maximum atomic E-state index is 15.3. The summed E-state index contributed by atoms with van der Waals surface area (Å²) >= 11 is 0. The van der Waals surface area contributed by atoms with Crippen LogP contribution in [0.25, 0.3) is 10.8 Å². The zero-order valence-electron chi connectivity index (χ0n) is 22.2. The van der Waals surface area contributed by atoms with Crippen LogP contribution < -0.4 is 19.5 Å². The van der Waals surface area contributed by atoms with Crippen molar-refractivity contribution in [2.24, 2.45) is 0 Å². The number of aromatic nitrogens is 1. The van der Waals surface area contributed by atoms with Crippen LogP contribution in [0.4, 0.5) is 13.2 Å². The Hall–Kier alpha value is -2.82. The minimum absolute atomic E-state index is 0.0162. The molecule has 1 N–H and O–H groups in total. The molecule has 204 valence electrons. The highest BCUT2D eigenvalue weighted by molar-refractivity contribution is 6.74. The number of alkyl halides is 2. The summed E-state index contributed by atoms with van der Waals surface area (Å²) in [6.45, 7) is 11.6. The van der Waals surface area contributed by atoms with Crippen molar-refractivity contribution in [2.75, 3.05) is 0 Å². The van der Waals surface area contributed by atoms with Crippen molar-refractivity contribution in [3.63, 3.8) is 0 Å². The highest BCUT2D eigenvalue weighted by Gasteiger charge is 2.43. The number of nitrogens with one attached hydrogen (secondary N) is 1. The van der Waals surface area contributed by atoms with Gasteiger partial charge in [0.2, 0.25) is 0 Å². The molecule has 0 spiro atoms. The highest BCUT2D eigenvalue weighted by atomic mass is 28.4. The smallest absolute Gasteiger partial charge is 0.490 e. The van der Waals surface area contributed by atoms with Gasteiger partial charge in [-0.3, -0.25) is 4.98 Å². The zero-order chi connectivity index (χ0) is 27.3. The molecule has 38 heavy (non-hydrogen) atoms. The number of fused-ring (bicyclic) bond motifs is 2. The van der Waals surface area contributed by atoms with E-state index in [9.17, 15) is 8.78 Å². The number of rotatable bonds is 8. The van der Waals surface area contributed by atoms with E-state index in [2.05, 4.69) is 53.6 Å². The Labute approximate surface area is 221 Å². The second-order valence-corrected chi connectivity index (χ2v) is 16.3. The van der Waals surface area contributed by atoms with Crippen LogP contribution in [0.5, 0.6) is 17.2 Å². The van der Waals surface area contributed by atoms with Crippen LogP contribution in [0.2, 0.25) is 18.1 Å². The number of hydrogen-bond acceptors (Lipinski definition) is 6. The van der Waals surface area contributed by atoms with E-state index in [0.717, 1.165) is 16.3 Å². The summed E-state index contributed by atoms with van der Waals surface area (Å²) in [7, 11) is -1.99. The Bertz CT molecular complexity index is 1340. The maximum Gasteiger partial charge on any atom is 0.586 e. The molecule has 1 aliphatic carbocycles. The van der Waals surface area contributed by atoms with Crippen LogP contribution in [0.1, 0.15) is 44.7 Å². The third kappa shape index (κ3) is 5.48. The first-order chi connectivity index (χ1) is 17.8. The first-order valence-electron chi connectivity index (χ1n) is 12.8. The van der Waals surface area contributed by atoms with Crippen molar-refractivity contribution < 1.29 is 31.8 Å². The number of halogens is 3. The van der Waals surface area contributed by atoms with Gasteiger partial charge >= 0.3 is 6.29 Å². The summed E-state index contributed by atoms with van der Waals surface area (Å²) in [5.41, 5.74) is 1.40. The van der Waals surface area contributed by atoms with Crippen LogP contribution in [0, 0.1) is 5.82 Å². The van der Waals surface area contributed by atoms with Gasteiger partial charge in [0.25, 0.3) is 0 Å². The van der Waals surface area contributed by atoms with E-state index in [-0.39, 0.29) is 34.5 Å².